The van der Waals surface area contributed by atoms with Crippen LogP contribution in [-0.4, -0.2) is 84.1 Å². The lowest BCUT2D eigenvalue weighted by Gasteiger charge is -2.34. The van der Waals surface area contributed by atoms with Crippen LogP contribution in [0.15, 0.2) is 36.9 Å². The number of β-amino-alcohol motifs (C(OH)–C–C–N with tert-alkyl or cyclic N) is 1. The van der Waals surface area contributed by atoms with E-state index in [2.05, 4.69) is 36.8 Å². The molecule has 0 bridgehead atoms. The van der Waals surface area contributed by atoms with Crippen molar-refractivity contribution in [3.05, 3.63) is 42.5 Å². The number of hydrogen-bond donors (Lipinski definition) is 2. The van der Waals surface area contributed by atoms with Gasteiger partial charge in [-0.05, 0) is 26.3 Å². The van der Waals surface area contributed by atoms with E-state index in [1.165, 1.54) is 10.5 Å². The van der Waals surface area contributed by atoms with Gasteiger partial charge >= 0.3 is 0 Å². The third kappa shape index (κ3) is 5.90. The molecule has 0 radical (unpaired) electrons. The SMILES string of the molecule is CC.CC(C)Nc1cc(-n2ncc3cc(C#N)cnc32)ncc1-c1cn(C2CCN(S(C)(=O)=O)C[C@H]2O)nn1. The van der Waals surface area contributed by atoms with Gasteiger partial charge in [-0.2, -0.15) is 19.3 Å². The largest absolute Gasteiger partial charge is 0.390 e. The van der Waals surface area contributed by atoms with Crippen LogP contribution in [0, 0.1) is 11.3 Å². The summed E-state index contributed by atoms with van der Waals surface area (Å²) in [5.41, 5.74) is 3.06. The van der Waals surface area contributed by atoms with Crippen LogP contribution in [0.4, 0.5) is 5.69 Å². The summed E-state index contributed by atoms with van der Waals surface area (Å²) < 4.78 is 28.2. The molecule has 1 aliphatic heterocycles. The van der Waals surface area contributed by atoms with E-state index in [9.17, 15) is 13.5 Å². The normalized spacial score (nSPS) is 18.0. The van der Waals surface area contributed by atoms with E-state index >= 15 is 0 Å². The fourth-order valence-corrected chi connectivity index (χ4v) is 5.27. The third-order valence-corrected chi connectivity index (χ3v) is 7.46. The Kier molecular flexibility index (Phi) is 8.24. The van der Waals surface area contributed by atoms with Gasteiger partial charge in [0.15, 0.2) is 11.5 Å². The molecule has 5 rings (SSSR count). The summed E-state index contributed by atoms with van der Waals surface area (Å²) in [7, 11) is -3.37. The first kappa shape index (κ1) is 28.1. The van der Waals surface area contributed by atoms with Crippen molar-refractivity contribution >= 4 is 26.7 Å². The zero-order valence-electron chi connectivity index (χ0n) is 22.5. The molecule has 5 heterocycles. The minimum Gasteiger partial charge on any atom is -0.390 e. The van der Waals surface area contributed by atoms with Crippen molar-refractivity contribution in [2.75, 3.05) is 24.7 Å². The van der Waals surface area contributed by atoms with Gasteiger partial charge in [0.2, 0.25) is 10.0 Å². The minimum absolute atomic E-state index is 0.0107. The van der Waals surface area contributed by atoms with E-state index in [-0.39, 0.29) is 12.6 Å². The van der Waals surface area contributed by atoms with E-state index in [1.807, 2.05) is 33.8 Å². The van der Waals surface area contributed by atoms with Crippen LogP contribution in [0.1, 0.15) is 45.7 Å². The first-order valence-corrected chi connectivity index (χ1v) is 14.5. The van der Waals surface area contributed by atoms with Crippen LogP contribution < -0.4 is 5.32 Å². The lowest BCUT2D eigenvalue weighted by molar-refractivity contribution is 0.0514. The van der Waals surface area contributed by atoms with Crippen molar-refractivity contribution < 1.29 is 13.5 Å². The topological polar surface area (TPSA) is 168 Å². The predicted molar refractivity (Wildman–Crippen MR) is 147 cm³/mol. The molecule has 1 saturated heterocycles. The molecule has 2 atom stereocenters. The number of nitrogens with one attached hydrogen (secondary N) is 1. The Bertz CT molecular complexity index is 1610. The molecule has 0 amide bonds. The van der Waals surface area contributed by atoms with Gasteiger partial charge in [-0.1, -0.05) is 19.1 Å². The molecule has 0 spiro atoms. The van der Waals surface area contributed by atoms with Crippen molar-refractivity contribution in [3.63, 3.8) is 0 Å². The average molecular weight is 553 g/mol. The summed E-state index contributed by atoms with van der Waals surface area (Å²) in [6, 6.07) is 5.36. The van der Waals surface area contributed by atoms with E-state index in [0.717, 1.165) is 17.3 Å². The van der Waals surface area contributed by atoms with Crippen molar-refractivity contribution in [1.82, 2.24) is 39.0 Å². The molecule has 0 aromatic carbocycles. The van der Waals surface area contributed by atoms with Crippen molar-refractivity contribution in [2.45, 2.75) is 52.3 Å². The van der Waals surface area contributed by atoms with Crippen LogP contribution in [0.25, 0.3) is 28.1 Å². The van der Waals surface area contributed by atoms with Crippen molar-refractivity contribution in [2.24, 2.45) is 0 Å². The van der Waals surface area contributed by atoms with Gasteiger partial charge in [-0.25, -0.2) is 23.1 Å². The Morgan fingerprint density at radius 2 is 1.95 bits per heavy atom. The first-order valence-electron chi connectivity index (χ1n) is 12.7. The van der Waals surface area contributed by atoms with Crippen LogP contribution >= 0.6 is 0 Å². The highest BCUT2D eigenvalue weighted by Gasteiger charge is 2.33. The Balaban J connectivity index is 0.00000172. The maximum absolute atomic E-state index is 11.8. The van der Waals surface area contributed by atoms with Crippen molar-refractivity contribution in [3.8, 4) is 23.1 Å². The molecule has 0 saturated carbocycles. The Labute approximate surface area is 227 Å². The quantitative estimate of drug-likeness (QED) is 0.362. The van der Waals surface area contributed by atoms with Gasteiger partial charge < -0.3 is 10.4 Å². The second-order valence-corrected chi connectivity index (χ2v) is 11.3. The fourth-order valence-electron chi connectivity index (χ4n) is 4.41. The summed E-state index contributed by atoms with van der Waals surface area (Å²) >= 11 is 0. The number of aliphatic hydroxyl groups is 1. The number of nitrogens with zero attached hydrogens (tertiary/aromatic N) is 9. The molecule has 1 aliphatic rings. The van der Waals surface area contributed by atoms with E-state index in [4.69, 9.17) is 5.26 Å². The third-order valence-electron chi connectivity index (χ3n) is 6.19. The number of aromatic nitrogens is 7. The zero-order valence-corrected chi connectivity index (χ0v) is 23.3. The van der Waals surface area contributed by atoms with Crippen LogP contribution in [0.3, 0.4) is 0 Å². The molecule has 14 heteroatoms. The Morgan fingerprint density at radius 3 is 2.62 bits per heavy atom. The number of rotatable bonds is 6. The van der Waals surface area contributed by atoms with Gasteiger partial charge in [0, 0.05) is 54.2 Å². The number of sulfonamides is 1. The molecule has 0 aliphatic carbocycles. The summed E-state index contributed by atoms with van der Waals surface area (Å²) in [6.45, 7) is 8.34. The predicted octanol–water partition coefficient (Wildman–Crippen LogP) is 2.36. The number of hydrogen-bond acceptors (Lipinski definition) is 10. The lowest BCUT2D eigenvalue weighted by atomic mass is 10.0. The van der Waals surface area contributed by atoms with Crippen LogP contribution in [0.2, 0.25) is 0 Å². The Hall–Kier alpha value is -3.93. The molecule has 4 aromatic heterocycles. The van der Waals surface area contributed by atoms with Gasteiger partial charge in [0.1, 0.15) is 11.8 Å². The molecular weight excluding hydrogens is 520 g/mol. The molecule has 1 unspecified atom stereocenters. The van der Waals surface area contributed by atoms with Gasteiger partial charge in [-0.15, -0.1) is 5.10 Å². The molecule has 4 aromatic rings. The summed E-state index contributed by atoms with van der Waals surface area (Å²) in [4.78, 5) is 8.96. The highest BCUT2D eigenvalue weighted by atomic mass is 32.2. The smallest absolute Gasteiger partial charge is 0.211 e. The van der Waals surface area contributed by atoms with Gasteiger partial charge in [0.25, 0.3) is 0 Å². The molecule has 206 valence electrons. The standard InChI is InChI=1S/C23H26N10O3S.C2H6/c1-14(2)28-18-7-22(33-23-16(10-27-33)6-15(8-24)9-26-23)25-11-17(18)19-12-32(30-29-19)20-4-5-31(13-21(20)34)37(3,35)36;1-2/h6-7,9-12,14,20-21,34H,4-5,13H2,1-3H3,(H,25,28);1-2H3/t20?,21-;/m1./s1. The summed E-state index contributed by atoms with van der Waals surface area (Å²) in [5, 5.41) is 36.9. The van der Waals surface area contributed by atoms with E-state index < -0.39 is 22.2 Å². The number of nitriles is 1. The van der Waals surface area contributed by atoms with E-state index in [1.54, 1.807) is 34.0 Å². The number of anilines is 1. The second kappa shape index (κ2) is 11.4. The maximum Gasteiger partial charge on any atom is 0.211 e. The van der Waals surface area contributed by atoms with Crippen molar-refractivity contribution in [1.29, 1.82) is 5.26 Å². The second-order valence-electron chi connectivity index (χ2n) is 9.32. The number of pyridine rings is 2. The van der Waals surface area contributed by atoms with Crippen LogP contribution in [-0.2, 0) is 10.0 Å². The molecule has 1 fully saturated rings. The molecule has 13 nitrogen and oxygen atoms in total. The monoisotopic (exact) mass is 552 g/mol. The Morgan fingerprint density at radius 1 is 1.18 bits per heavy atom. The summed E-state index contributed by atoms with van der Waals surface area (Å²) in [5.74, 6) is 0.537. The fraction of sp³-hybridized carbons (Fsp3) is 0.440. The van der Waals surface area contributed by atoms with Gasteiger partial charge in [0.05, 0.1) is 36.4 Å². The minimum atomic E-state index is -3.37. The lowest BCUT2D eigenvalue weighted by Crippen LogP contribution is -2.46. The summed E-state index contributed by atoms with van der Waals surface area (Å²) in [6.07, 6.45) is 7.19. The molecular formula is C25H32N10O3S. The number of fused-ring (bicyclic) bond motifs is 1. The average Bonchev–Trinajstić information content (AvgIpc) is 3.56. The number of piperidine rings is 1. The highest BCUT2D eigenvalue weighted by Crippen LogP contribution is 2.31. The number of aliphatic hydroxyl groups excluding tert-OH is 1. The highest BCUT2D eigenvalue weighted by molar-refractivity contribution is 7.88. The molecule has 39 heavy (non-hydrogen) atoms. The first-order chi connectivity index (χ1) is 18.6. The van der Waals surface area contributed by atoms with Crippen LogP contribution in [0.5, 0.6) is 0 Å². The maximum atomic E-state index is 11.8. The molecule has 2 N–H and O–H groups in total. The van der Waals surface area contributed by atoms with Gasteiger partial charge in [-0.3, -0.25) is 0 Å². The van der Waals surface area contributed by atoms with E-state index in [0.29, 0.717) is 41.3 Å². The zero-order chi connectivity index (χ0) is 28.3.